The Morgan fingerprint density at radius 3 is 2.38 bits per heavy atom. The molecule has 4 heteroatoms. The van der Waals surface area contributed by atoms with Crippen molar-refractivity contribution in [3.8, 4) is 5.75 Å². The molecule has 0 spiro atoms. The molecule has 0 heterocycles. The molecule has 0 aliphatic carbocycles. The van der Waals surface area contributed by atoms with Gasteiger partial charge in [-0.3, -0.25) is 4.79 Å². The number of benzene rings is 1. The monoisotopic (exact) mass is 223 g/mol. The van der Waals surface area contributed by atoms with E-state index in [9.17, 15) is 9.90 Å². The molecule has 0 bridgehead atoms. The van der Waals surface area contributed by atoms with Gasteiger partial charge in [-0.05, 0) is 23.1 Å². The minimum Gasteiger partial charge on any atom is -0.508 e. The number of aromatic hydroxyl groups is 1. The van der Waals surface area contributed by atoms with Gasteiger partial charge in [0.25, 0.3) is 0 Å². The topological polar surface area (TPSA) is 83.5 Å². The van der Waals surface area contributed by atoms with Gasteiger partial charge in [-0.15, -0.1) is 0 Å². The lowest BCUT2D eigenvalue weighted by Gasteiger charge is -2.21. The van der Waals surface area contributed by atoms with Crippen LogP contribution in [0.5, 0.6) is 5.75 Å². The van der Waals surface area contributed by atoms with Gasteiger partial charge in [0.05, 0.1) is 0 Å². The van der Waals surface area contributed by atoms with Gasteiger partial charge in [0.15, 0.2) is 0 Å². The average Bonchev–Trinajstić information content (AvgIpc) is 2.15. The Morgan fingerprint density at radius 1 is 1.38 bits per heavy atom. The third-order valence-corrected chi connectivity index (χ3v) is 2.49. The molecule has 1 unspecified atom stereocenters. The van der Waals surface area contributed by atoms with Gasteiger partial charge >= 0.3 is 5.97 Å². The quantitative estimate of drug-likeness (QED) is 0.713. The molecule has 88 valence electrons. The van der Waals surface area contributed by atoms with E-state index >= 15 is 0 Å². The van der Waals surface area contributed by atoms with E-state index in [4.69, 9.17) is 10.8 Å². The highest BCUT2D eigenvalue weighted by molar-refractivity contribution is 5.76. The van der Waals surface area contributed by atoms with Gasteiger partial charge in [0.1, 0.15) is 11.8 Å². The number of phenols is 1. The zero-order valence-corrected chi connectivity index (χ0v) is 9.69. The predicted molar refractivity (Wildman–Crippen MR) is 61.4 cm³/mol. The smallest absolute Gasteiger partial charge is 0.325 e. The van der Waals surface area contributed by atoms with E-state index in [1.807, 2.05) is 20.8 Å². The summed E-state index contributed by atoms with van der Waals surface area (Å²) in [5, 5.41) is 18.4. The van der Waals surface area contributed by atoms with Crippen LogP contribution in [0.3, 0.4) is 0 Å². The summed E-state index contributed by atoms with van der Waals surface area (Å²) >= 11 is 0. The third-order valence-electron chi connectivity index (χ3n) is 2.49. The van der Waals surface area contributed by atoms with Gasteiger partial charge in [-0.2, -0.15) is 0 Å². The first-order chi connectivity index (χ1) is 7.23. The second kappa shape index (κ2) is 4.14. The van der Waals surface area contributed by atoms with Gasteiger partial charge in [0.2, 0.25) is 0 Å². The first-order valence-corrected chi connectivity index (χ1v) is 5.05. The predicted octanol–water partition coefficient (Wildman–Crippen LogP) is 1.77. The molecule has 0 saturated heterocycles. The van der Waals surface area contributed by atoms with Crippen LogP contribution in [0.2, 0.25) is 0 Å². The van der Waals surface area contributed by atoms with Crippen molar-refractivity contribution in [3.05, 3.63) is 29.3 Å². The lowest BCUT2D eigenvalue weighted by atomic mass is 9.85. The van der Waals surface area contributed by atoms with Crippen molar-refractivity contribution in [1.29, 1.82) is 0 Å². The van der Waals surface area contributed by atoms with E-state index in [0.29, 0.717) is 0 Å². The maximum Gasteiger partial charge on any atom is 0.325 e. The largest absolute Gasteiger partial charge is 0.508 e. The molecule has 0 aliphatic heterocycles. The summed E-state index contributed by atoms with van der Waals surface area (Å²) in [7, 11) is 0. The minimum absolute atomic E-state index is 0.0806. The maximum absolute atomic E-state index is 10.8. The number of hydrogen-bond acceptors (Lipinski definition) is 3. The van der Waals surface area contributed by atoms with E-state index in [0.717, 1.165) is 5.56 Å². The summed E-state index contributed by atoms with van der Waals surface area (Å²) in [6, 6.07) is 3.71. The summed E-state index contributed by atoms with van der Waals surface area (Å²) < 4.78 is 0. The first kappa shape index (κ1) is 12.5. The zero-order chi connectivity index (χ0) is 12.5. The van der Waals surface area contributed by atoms with Crippen LogP contribution in [0, 0.1) is 0 Å². The molecule has 1 rings (SSSR count). The van der Waals surface area contributed by atoms with Gasteiger partial charge < -0.3 is 15.9 Å². The van der Waals surface area contributed by atoms with Gasteiger partial charge in [-0.1, -0.05) is 26.8 Å². The van der Waals surface area contributed by atoms with E-state index in [1.165, 1.54) is 6.07 Å². The lowest BCUT2D eigenvalue weighted by molar-refractivity contribution is -0.138. The lowest BCUT2D eigenvalue weighted by Crippen LogP contribution is -2.22. The molecular formula is C12H17NO3. The standard InChI is InChI=1S/C12H17NO3/c1-12(2,3)7-4-5-9(14)8(6-7)10(13)11(15)16/h4-6,10,14H,13H2,1-3H3,(H,15,16). The second-order valence-electron chi connectivity index (χ2n) is 4.84. The molecule has 16 heavy (non-hydrogen) atoms. The molecule has 0 radical (unpaired) electrons. The SMILES string of the molecule is CC(C)(C)c1ccc(O)c(C(N)C(=O)O)c1. The number of nitrogens with two attached hydrogens (primary N) is 1. The Kier molecular flexibility index (Phi) is 3.24. The summed E-state index contributed by atoms with van der Waals surface area (Å²) in [6.07, 6.45) is 0. The Labute approximate surface area is 94.7 Å². The van der Waals surface area contributed by atoms with Crippen molar-refractivity contribution in [2.75, 3.05) is 0 Å². The number of hydrogen-bond donors (Lipinski definition) is 3. The number of rotatable bonds is 2. The molecule has 4 N–H and O–H groups in total. The van der Waals surface area contributed by atoms with E-state index < -0.39 is 12.0 Å². The Hall–Kier alpha value is -1.55. The highest BCUT2D eigenvalue weighted by Gasteiger charge is 2.21. The molecule has 0 saturated carbocycles. The van der Waals surface area contributed by atoms with Crippen LogP contribution < -0.4 is 5.73 Å². The molecular weight excluding hydrogens is 206 g/mol. The van der Waals surface area contributed by atoms with Crippen molar-refractivity contribution >= 4 is 5.97 Å². The Morgan fingerprint density at radius 2 is 1.94 bits per heavy atom. The number of carbonyl (C=O) groups is 1. The molecule has 0 fully saturated rings. The van der Waals surface area contributed by atoms with E-state index in [2.05, 4.69) is 0 Å². The number of carboxylic acids is 1. The molecule has 4 nitrogen and oxygen atoms in total. The number of aliphatic carboxylic acids is 1. The molecule has 0 aromatic heterocycles. The van der Waals surface area contributed by atoms with Crippen molar-refractivity contribution in [2.24, 2.45) is 5.73 Å². The fourth-order valence-electron chi connectivity index (χ4n) is 1.40. The summed E-state index contributed by atoms with van der Waals surface area (Å²) in [6.45, 7) is 6.03. The average molecular weight is 223 g/mol. The Bertz CT molecular complexity index is 407. The first-order valence-electron chi connectivity index (χ1n) is 5.05. The van der Waals surface area contributed by atoms with Crippen LogP contribution in [-0.2, 0) is 10.2 Å². The van der Waals surface area contributed by atoms with Crippen LogP contribution in [0.25, 0.3) is 0 Å². The molecule has 1 atom stereocenters. The van der Waals surface area contributed by atoms with Gasteiger partial charge in [-0.25, -0.2) is 0 Å². The van der Waals surface area contributed by atoms with Crippen molar-refractivity contribution in [2.45, 2.75) is 32.2 Å². The molecule has 1 aromatic rings. The van der Waals surface area contributed by atoms with Crippen molar-refractivity contribution < 1.29 is 15.0 Å². The second-order valence-corrected chi connectivity index (χ2v) is 4.84. The van der Waals surface area contributed by atoms with Crippen LogP contribution >= 0.6 is 0 Å². The summed E-state index contributed by atoms with van der Waals surface area (Å²) in [5.74, 6) is -1.23. The van der Waals surface area contributed by atoms with E-state index in [1.54, 1.807) is 12.1 Å². The minimum atomic E-state index is -1.19. The normalized spacial score (nSPS) is 13.5. The van der Waals surface area contributed by atoms with Crippen LogP contribution in [0.1, 0.15) is 37.9 Å². The van der Waals surface area contributed by atoms with Crippen molar-refractivity contribution in [3.63, 3.8) is 0 Å². The Balaban J connectivity index is 3.24. The summed E-state index contributed by atoms with van der Waals surface area (Å²) in [4.78, 5) is 10.8. The molecule has 0 aliphatic rings. The zero-order valence-electron chi connectivity index (χ0n) is 9.69. The van der Waals surface area contributed by atoms with Gasteiger partial charge in [0, 0.05) is 5.56 Å². The fourth-order valence-corrected chi connectivity index (χ4v) is 1.40. The van der Waals surface area contributed by atoms with Crippen molar-refractivity contribution in [1.82, 2.24) is 0 Å². The molecule has 0 amide bonds. The number of phenolic OH excluding ortho intramolecular Hbond substituents is 1. The molecule has 1 aromatic carbocycles. The maximum atomic E-state index is 10.8. The van der Waals surface area contributed by atoms with Crippen LogP contribution in [0.4, 0.5) is 0 Å². The van der Waals surface area contributed by atoms with E-state index in [-0.39, 0.29) is 16.7 Å². The summed E-state index contributed by atoms with van der Waals surface area (Å²) in [5.41, 5.74) is 6.57. The number of carboxylic acid groups (broad SMARTS) is 1. The highest BCUT2D eigenvalue weighted by atomic mass is 16.4. The fraction of sp³-hybridized carbons (Fsp3) is 0.417. The highest BCUT2D eigenvalue weighted by Crippen LogP contribution is 2.30. The van der Waals surface area contributed by atoms with Crippen LogP contribution in [-0.4, -0.2) is 16.2 Å². The van der Waals surface area contributed by atoms with Crippen LogP contribution in [0.15, 0.2) is 18.2 Å². The third kappa shape index (κ3) is 2.52.